The van der Waals surface area contributed by atoms with Gasteiger partial charge in [0.05, 0.1) is 6.04 Å². The highest BCUT2D eigenvalue weighted by Crippen LogP contribution is 2.31. The normalized spacial score (nSPS) is 20.1. The lowest BCUT2D eigenvalue weighted by atomic mass is 10.1. The molecule has 0 bridgehead atoms. The Hall–Kier alpha value is -2.28. The van der Waals surface area contributed by atoms with Gasteiger partial charge in [0.15, 0.2) is 5.82 Å². The molecule has 132 valence electrons. The maximum Gasteiger partial charge on any atom is 0.274 e. The van der Waals surface area contributed by atoms with Gasteiger partial charge in [0.1, 0.15) is 5.69 Å². The molecule has 0 aliphatic carbocycles. The van der Waals surface area contributed by atoms with Gasteiger partial charge in [0.2, 0.25) is 0 Å². The minimum Gasteiger partial charge on any atom is -0.327 e. The van der Waals surface area contributed by atoms with Crippen LogP contribution in [-0.2, 0) is 13.0 Å². The standard InChI is InChI=1S/C18H24N6O/c1-11(2)14-8-15(23-22-14)18(25)24-7-3-4-16(24)17-20-10-12-9-19-6-5-13(12)21-17/h8,10-11,16,19H,3-7,9H2,1-2H3,(H,22,23)/t16-/m0/s1. The van der Waals surface area contributed by atoms with Crippen molar-refractivity contribution >= 4 is 5.91 Å². The number of H-pyrrole nitrogens is 1. The number of carbonyl (C=O) groups is 1. The molecule has 0 unspecified atom stereocenters. The number of hydrogen-bond acceptors (Lipinski definition) is 5. The summed E-state index contributed by atoms with van der Waals surface area (Å²) in [6.07, 6.45) is 4.71. The van der Waals surface area contributed by atoms with Gasteiger partial charge in [-0.25, -0.2) is 9.97 Å². The molecule has 2 aliphatic heterocycles. The molecule has 4 rings (SSSR count). The maximum absolute atomic E-state index is 12.9. The van der Waals surface area contributed by atoms with Crippen molar-refractivity contribution in [2.45, 2.75) is 51.6 Å². The van der Waals surface area contributed by atoms with Crippen LogP contribution in [0, 0.1) is 0 Å². The largest absolute Gasteiger partial charge is 0.327 e. The molecule has 7 heteroatoms. The van der Waals surface area contributed by atoms with E-state index in [0.717, 1.165) is 56.1 Å². The summed E-state index contributed by atoms with van der Waals surface area (Å²) < 4.78 is 0. The molecule has 0 spiro atoms. The Morgan fingerprint density at radius 1 is 1.40 bits per heavy atom. The van der Waals surface area contributed by atoms with Crippen LogP contribution < -0.4 is 5.32 Å². The highest BCUT2D eigenvalue weighted by molar-refractivity contribution is 5.92. The lowest BCUT2D eigenvalue weighted by molar-refractivity contribution is 0.0723. The second-order valence-electron chi connectivity index (χ2n) is 7.15. The molecule has 0 saturated carbocycles. The molecule has 0 radical (unpaired) electrons. The van der Waals surface area contributed by atoms with Crippen LogP contribution in [0.1, 0.15) is 71.9 Å². The van der Waals surface area contributed by atoms with Crippen LogP contribution in [0.25, 0.3) is 0 Å². The Balaban J connectivity index is 1.58. The predicted molar refractivity (Wildman–Crippen MR) is 93.1 cm³/mol. The van der Waals surface area contributed by atoms with Crippen molar-refractivity contribution in [2.75, 3.05) is 13.1 Å². The number of hydrogen-bond donors (Lipinski definition) is 2. The molecule has 1 atom stereocenters. The molecule has 1 saturated heterocycles. The van der Waals surface area contributed by atoms with Gasteiger partial charge in [-0.2, -0.15) is 5.10 Å². The summed E-state index contributed by atoms with van der Waals surface area (Å²) in [7, 11) is 0. The average Bonchev–Trinajstić information content (AvgIpc) is 3.30. The van der Waals surface area contributed by atoms with Crippen molar-refractivity contribution in [3.8, 4) is 0 Å². The van der Waals surface area contributed by atoms with Crippen molar-refractivity contribution in [3.05, 3.63) is 40.7 Å². The van der Waals surface area contributed by atoms with Gasteiger partial charge in [-0.3, -0.25) is 9.89 Å². The van der Waals surface area contributed by atoms with E-state index in [-0.39, 0.29) is 11.9 Å². The van der Waals surface area contributed by atoms with E-state index in [2.05, 4.69) is 34.3 Å². The number of carbonyl (C=O) groups excluding carboxylic acids is 1. The van der Waals surface area contributed by atoms with Gasteiger partial charge in [-0.05, 0) is 24.8 Å². The number of nitrogens with one attached hydrogen (secondary N) is 2. The topological polar surface area (TPSA) is 86.8 Å². The zero-order valence-corrected chi connectivity index (χ0v) is 14.7. The molecular formula is C18H24N6O. The fraction of sp³-hybridized carbons (Fsp3) is 0.556. The molecule has 1 amide bonds. The van der Waals surface area contributed by atoms with Crippen LogP contribution in [0.2, 0.25) is 0 Å². The Morgan fingerprint density at radius 3 is 3.08 bits per heavy atom. The number of rotatable bonds is 3. The SMILES string of the molecule is CC(C)c1cc(C(=O)N2CCC[C@H]2c2ncc3c(n2)CCNC3)n[nH]1. The van der Waals surface area contributed by atoms with Gasteiger partial charge in [0, 0.05) is 49.2 Å². The van der Waals surface area contributed by atoms with E-state index in [4.69, 9.17) is 4.98 Å². The first-order chi connectivity index (χ1) is 12.1. The fourth-order valence-electron chi connectivity index (χ4n) is 3.58. The third-order valence-electron chi connectivity index (χ3n) is 5.08. The summed E-state index contributed by atoms with van der Waals surface area (Å²) in [4.78, 5) is 24.2. The van der Waals surface area contributed by atoms with Crippen LogP contribution in [-0.4, -0.2) is 44.1 Å². The number of aromatic amines is 1. The van der Waals surface area contributed by atoms with Crippen LogP contribution >= 0.6 is 0 Å². The van der Waals surface area contributed by atoms with E-state index < -0.39 is 0 Å². The third-order valence-corrected chi connectivity index (χ3v) is 5.08. The quantitative estimate of drug-likeness (QED) is 0.892. The zero-order valence-electron chi connectivity index (χ0n) is 14.7. The molecule has 1 fully saturated rings. The van der Waals surface area contributed by atoms with E-state index >= 15 is 0 Å². The highest BCUT2D eigenvalue weighted by Gasteiger charge is 2.34. The maximum atomic E-state index is 12.9. The molecular weight excluding hydrogens is 316 g/mol. The van der Waals surface area contributed by atoms with Crippen molar-refractivity contribution in [1.82, 2.24) is 30.4 Å². The van der Waals surface area contributed by atoms with Crippen molar-refractivity contribution in [1.29, 1.82) is 0 Å². The highest BCUT2D eigenvalue weighted by atomic mass is 16.2. The van der Waals surface area contributed by atoms with E-state index in [1.54, 1.807) is 0 Å². The second-order valence-corrected chi connectivity index (χ2v) is 7.15. The number of aromatic nitrogens is 4. The predicted octanol–water partition coefficient (Wildman–Crippen LogP) is 1.95. The third kappa shape index (κ3) is 3.04. The minimum absolute atomic E-state index is 0.0337. The molecule has 25 heavy (non-hydrogen) atoms. The van der Waals surface area contributed by atoms with Crippen LogP contribution in [0.3, 0.4) is 0 Å². The zero-order chi connectivity index (χ0) is 17.4. The van der Waals surface area contributed by atoms with Gasteiger partial charge in [-0.15, -0.1) is 0 Å². The molecule has 4 heterocycles. The Kier molecular flexibility index (Phi) is 4.25. The lowest BCUT2D eigenvalue weighted by Gasteiger charge is -2.24. The first-order valence-corrected chi connectivity index (χ1v) is 9.05. The number of fused-ring (bicyclic) bond motifs is 1. The summed E-state index contributed by atoms with van der Waals surface area (Å²) in [6.45, 7) is 6.66. The number of amides is 1. The van der Waals surface area contributed by atoms with E-state index in [9.17, 15) is 4.79 Å². The Morgan fingerprint density at radius 2 is 2.28 bits per heavy atom. The summed E-state index contributed by atoms with van der Waals surface area (Å²) in [5.74, 6) is 1.06. The summed E-state index contributed by atoms with van der Waals surface area (Å²) in [5, 5.41) is 10.5. The first-order valence-electron chi connectivity index (χ1n) is 9.05. The van der Waals surface area contributed by atoms with Gasteiger partial charge >= 0.3 is 0 Å². The monoisotopic (exact) mass is 340 g/mol. The molecule has 2 aromatic heterocycles. The van der Waals surface area contributed by atoms with Crippen molar-refractivity contribution in [2.24, 2.45) is 0 Å². The summed E-state index contributed by atoms with van der Waals surface area (Å²) in [5.41, 5.74) is 3.75. The first kappa shape index (κ1) is 16.2. The average molecular weight is 340 g/mol. The number of likely N-dealkylation sites (tertiary alicyclic amines) is 1. The van der Waals surface area contributed by atoms with Gasteiger partial charge in [-0.1, -0.05) is 13.8 Å². The smallest absolute Gasteiger partial charge is 0.274 e. The second kappa shape index (κ2) is 6.55. The van der Waals surface area contributed by atoms with E-state index in [1.807, 2.05) is 17.2 Å². The molecule has 7 nitrogen and oxygen atoms in total. The van der Waals surface area contributed by atoms with E-state index in [0.29, 0.717) is 11.6 Å². The van der Waals surface area contributed by atoms with Crippen LogP contribution in [0.4, 0.5) is 0 Å². The van der Waals surface area contributed by atoms with Gasteiger partial charge < -0.3 is 10.2 Å². The number of nitrogens with zero attached hydrogens (tertiary/aromatic N) is 4. The molecule has 0 aromatic carbocycles. The summed E-state index contributed by atoms with van der Waals surface area (Å²) in [6, 6.07) is 1.81. The lowest BCUT2D eigenvalue weighted by Crippen LogP contribution is -2.32. The molecule has 2 aromatic rings. The van der Waals surface area contributed by atoms with Crippen molar-refractivity contribution < 1.29 is 4.79 Å². The molecule has 2 N–H and O–H groups in total. The minimum atomic E-state index is -0.0492. The van der Waals surface area contributed by atoms with Gasteiger partial charge in [0.25, 0.3) is 5.91 Å². The molecule has 2 aliphatic rings. The van der Waals surface area contributed by atoms with E-state index in [1.165, 1.54) is 5.56 Å². The Bertz CT molecular complexity index is 784. The van der Waals surface area contributed by atoms with Crippen molar-refractivity contribution in [3.63, 3.8) is 0 Å². The van der Waals surface area contributed by atoms with Crippen LogP contribution in [0.5, 0.6) is 0 Å². The van der Waals surface area contributed by atoms with Crippen LogP contribution in [0.15, 0.2) is 12.3 Å². The summed E-state index contributed by atoms with van der Waals surface area (Å²) >= 11 is 0. The Labute approximate surface area is 147 Å². The fourth-order valence-corrected chi connectivity index (χ4v) is 3.58.